The van der Waals surface area contributed by atoms with E-state index in [2.05, 4.69) is 17.2 Å². The van der Waals surface area contributed by atoms with Gasteiger partial charge in [-0.3, -0.25) is 4.79 Å². The minimum Gasteiger partial charge on any atom is -0.384 e. The van der Waals surface area contributed by atoms with E-state index in [9.17, 15) is 13.6 Å². The molecular formula is C15H11F2NO2S. The summed E-state index contributed by atoms with van der Waals surface area (Å²) >= 11 is 1.35. The van der Waals surface area contributed by atoms with Crippen LogP contribution in [0.25, 0.3) is 0 Å². The number of halogens is 2. The number of carbonyl (C=O) groups excluding carboxylic acids is 1. The molecule has 0 fully saturated rings. The zero-order valence-electron chi connectivity index (χ0n) is 10.8. The fourth-order valence-electron chi connectivity index (χ4n) is 1.60. The second kappa shape index (κ2) is 6.97. The first-order valence-electron chi connectivity index (χ1n) is 6.02. The molecule has 1 amide bonds. The van der Waals surface area contributed by atoms with Gasteiger partial charge in [0.15, 0.2) is 0 Å². The molecule has 0 saturated heterocycles. The van der Waals surface area contributed by atoms with Gasteiger partial charge in [0, 0.05) is 4.88 Å². The summed E-state index contributed by atoms with van der Waals surface area (Å²) in [6.45, 7) is -0.0247. The molecule has 0 aliphatic rings. The molecule has 3 nitrogen and oxygen atoms in total. The van der Waals surface area contributed by atoms with Crippen LogP contribution in [0.2, 0.25) is 0 Å². The lowest BCUT2D eigenvalue weighted by Crippen LogP contribution is -2.23. The molecule has 0 saturated carbocycles. The molecule has 0 radical (unpaired) electrons. The number of hydrogen-bond donors (Lipinski definition) is 2. The van der Waals surface area contributed by atoms with Crippen LogP contribution in [0, 0.1) is 23.5 Å². The van der Waals surface area contributed by atoms with Gasteiger partial charge in [0.05, 0.1) is 17.0 Å². The second-order valence-electron chi connectivity index (χ2n) is 4.03. The number of benzene rings is 1. The summed E-state index contributed by atoms with van der Waals surface area (Å²) < 4.78 is 26.4. The van der Waals surface area contributed by atoms with Gasteiger partial charge in [-0.25, -0.2) is 8.78 Å². The highest BCUT2D eigenvalue weighted by Crippen LogP contribution is 2.16. The Morgan fingerprint density at radius 3 is 2.86 bits per heavy atom. The number of carbonyl (C=O) groups is 1. The third kappa shape index (κ3) is 4.12. The number of thiophene rings is 1. The van der Waals surface area contributed by atoms with Crippen molar-refractivity contribution in [2.45, 2.75) is 6.54 Å². The molecule has 2 rings (SSSR count). The largest absolute Gasteiger partial charge is 0.384 e. The SMILES string of the molecule is O=C(NCc1ccc(C#CCO)s1)c1cc(F)ccc1F. The van der Waals surface area contributed by atoms with Crippen molar-refractivity contribution >= 4 is 17.2 Å². The summed E-state index contributed by atoms with van der Waals surface area (Å²) in [5.74, 6) is 3.15. The highest BCUT2D eigenvalue weighted by Gasteiger charge is 2.12. The molecule has 108 valence electrons. The monoisotopic (exact) mass is 307 g/mol. The van der Waals surface area contributed by atoms with Crippen molar-refractivity contribution in [3.05, 3.63) is 57.3 Å². The van der Waals surface area contributed by atoms with Crippen LogP contribution in [0.3, 0.4) is 0 Å². The van der Waals surface area contributed by atoms with Crippen LogP contribution in [0.15, 0.2) is 30.3 Å². The summed E-state index contributed by atoms with van der Waals surface area (Å²) in [6.07, 6.45) is 0. The number of aliphatic hydroxyl groups excluding tert-OH is 1. The van der Waals surface area contributed by atoms with E-state index >= 15 is 0 Å². The van der Waals surface area contributed by atoms with Gasteiger partial charge in [-0.2, -0.15) is 0 Å². The Balaban J connectivity index is 2.01. The summed E-state index contributed by atoms with van der Waals surface area (Å²) in [4.78, 5) is 13.4. The number of amides is 1. The minimum absolute atomic E-state index is 0.195. The van der Waals surface area contributed by atoms with Gasteiger partial charge < -0.3 is 10.4 Å². The van der Waals surface area contributed by atoms with Crippen molar-refractivity contribution in [3.8, 4) is 11.8 Å². The number of aliphatic hydroxyl groups is 1. The lowest BCUT2D eigenvalue weighted by atomic mass is 10.2. The van der Waals surface area contributed by atoms with E-state index in [0.717, 1.165) is 28.0 Å². The van der Waals surface area contributed by atoms with Crippen LogP contribution < -0.4 is 5.32 Å². The Kier molecular flexibility index (Phi) is 5.04. The average molecular weight is 307 g/mol. The molecule has 0 atom stereocenters. The van der Waals surface area contributed by atoms with Crippen molar-refractivity contribution in [1.29, 1.82) is 0 Å². The van der Waals surface area contributed by atoms with E-state index in [1.54, 1.807) is 12.1 Å². The van der Waals surface area contributed by atoms with E-state index in [1.807, 2.05) is 0 Å². The number of hydrogen-bond acceptors (Lipinski definition) is 3. The molecule has 0 unspecified atom stereocenters. The first kappa shape index (κ1) is 15.2. The standard InChI is InChI=1S/C15H11F2NO2S/c16-10-3-6-14(17)13(8-10)15(20)18-9-12-5-4-11(21-12)2-1-7-19/h3-6,8,19H,7,9H2,(H,18,20). The summed E-state index contributed by atoms with van der Waals surface area (Å²) in [7, 11) is 0. The van der Waals surface area contributed by atoms with Crippen molar-refractivity contribution < 1.29 is 18.7 Å². The van der Waals surface area contributed by atoms with Gasteiger partial charge in [0.2, 0.25) is 0 Å². The molecule has 2 aromatic rings. The Morgan fingerprint density at radius 2 is 2.10 bits per heavy atom. The van der Waals surface area contributed by atoms with E-state index in [4.69, 9.17) is 5.11 Å². The average Bonchev–Trinajstić information content (AvgIpc) is 2.93. The smallest absolute Gasteiger partial charge is 0.254 e. The predicted molar refractivity (Wildman–Crippen MR) is 75.8 cm³/mol. The Hall–Kier alpha value is -2.23. The lowest BCUT2D eigenvalue weighted by Gasteiger charge is -2.04. The maximum absolute atomic E-state index is 13.4. The third-order valence-electron chi connectivity index (χ3n) is 2.55. The zero-order valence-corrected chi connectivity index (χ0v) is 11.6. The van der Waals surface area contributed by atoms with Crippen LogP contribution in [-0.2, 0) is 6.54 Å². The first-order valence-corrected chi connectivity index (χ1v) is 6.83. The molecule has 21 heavy (non-hydrogen) atoms. The van der Waals surface area contributed by atoms with Gasteiger partial charge >= 0.3 is 0 Å². The topological polar surface area (TPSA) is 49.3 Å². The van der Waals surface area contributed by atoms with E-state index in [0.29, 0.717) is 0 Å². The van der Waals surface area contributed by atoms with Crippen molar-refractivity contribution in [2.24, 2.45) is 0 Å². The predicted octanol–water partition coefficient (Wildman–Crippen LogP) is 2.30. The van der Waals surface area contributed by atoms with Crippen LogP contribution in [0.4, 0.5) is 8.78 Å². The first-order chi connectivity index (χ1) is 10.1. The summed E-state index contributed by atoms with van der Waals surface area (Å²) in [5, 5.41) is 11.1. The Morgan fingerprint density at radius 1 is 1.29 bits per heavy atom. The quantitative estimate of drug-likeness (QED) is 0.855. The molecule has 1 heterocycles. The Labute approximate surface area is 124 Å². The molecule has 0 spiro atoms. The second-order valence-corrected chi connectivity index (χ2v) is 5.20. The molecular weight excluding hydrogens is 296 g/mol. The molecule has 1 aromatic heterocycles. The maximum Gasteiger partial charge on any atom is 0.254 e. The molecule has 2 N–H and O–H groups in total. The van der Waals surface area contributed by atoms with Crippen molar-refractivity contribution in [3.63, 3.8) is 0 Å². The highest BCUT2D eigenvalue weighted by atomic mass is 32.1. The van der Waals surface area contributed by atoms with E-state index < -0.39 is 17.5 Å². The molecule has 1 aromatic carbocycles. The third-order valence-corrected chi connectivity index (χ3v) is 3.55. The van der Waals surface area contributed by atoms with Crippen molar-refractivity contribution in [1.82, 2.24) is 5.32 Å². The summed E-state index contributed by atoms with van der Waals surface area (Å²) in [5.41, 5.74) is -0.327. The molecule has 0 bridgehead atoms. The van der Waals surface area contributed by atoms with Gasteiger partial charge in [-0.1, -0.05) is 11.8 Å². The molecule has 0 aliphatic carbocycles. The Bertz CT molecular complexity index is 716. The maximum atomic E-state index is 13.4. The van der Waals surface area contributed by atoms with Gasteiger partial charge in [-0.05, 0) is 30.3 Å². The fraction of sp³-hybridized carbons (Fsp3) is 0.133. The van der Waals surface area contributed by atoms with Gasteiger partial charge in [0.25, 0.3) is 5.91 Å². The van der Waals surface area contributed by atoms with Crippen LogP contribution >= 0.6 is 11.3 Å². The summed E-state index contributed by atoms with van der Waals surface area (Å²) in [6, 6.07) is 6.26. The highest BCUT2D eigenvalue weighted by molar-refractivity contribution is 7.12. The van der Waals surface area contributed by atoms with E-state index in [1.165, 1.54) is 11.3 Å². The minimum atomic E-state index is -0.769. The van der Waals surface area contributed by atoms with Gasteiger partial charge in [0.1, 0.15) is 18.2 Å². The van der Waals surface area contributed by atoms with Crippen molar-refractivity contribution in [2.75, 3.05) is 6.61 Å². The van der Waals surface area contributed by atoms with E-state index in [-0.39, 0.29) is 18.7 Å². The van der Waals surface area contributed by atoms with Crippen LogP contribution in [0.1, 0.15) is 20.1 Å². The van der Waals surface area contributed by atoms with Gasteiger partial charge in [-0.15, -0.1) is 11.3 Å². The van der Waals surface area contributed by atoms with Crippen LogP contribution in [0.5, 0.6) is 0 Å². The number of rotatable bonds is 3. The molecule has 6 heteroatoms. The van der Waals surface area contributed by atoms with Crippen LogP contribution in [-0.4, -0.2) is 17.6 Å². The normalized spacial score (nSPS) is 9.86. The molecule has 0 aliphatic heterocycles. The fourth-order valence-corrected chi connectivity index (χ4v) is 2.42. The lowest BCUT2D eigenvalue weighted by molar-refractivity contribution is 0.0946. The zero-order chi connectivity index (χ0) is 15.2. The number of nitrogens with one attached hydrogen (secondary N) is 1.